The van der Waals surface area contributed by atoms with Gasteiger partial charge in [0.2, 0.25) is 7.21 Å². The minimum Gasteiger partial charge on any atom is -0.461 e. The van der Waals surface area contributed by atoms with Crippen LogP contribution in [0.2, 0.25) is 0 Å². The fourth-order valence-corrected chi connectivity index (χ4v) is 3.23. The molecule has 0 aliphatic heterocycles. The molecule has 0 aliphatic rings. The molecule has 0 spiro atoms. The molecule has 216 valence electrons. The van der Waals surface area contributed by atoms with Crippen LogP contribution in [0.5, 0.6) is 0 Å². The Hall–Kier alpha value is -0.150. The third-order valence-corrected chi connectivity index (χ3v) is 8.21. The number of alkyl halides is 6. The van der Waals surface area contributed by atoms with E-state index < -0.39 is 41.0 Å². The number of halogens is 6. The number of hydrogen-bond donors (Lipinski definition) is 1. The van der Waals surface area contributed by atoms with Crippen LogP contribution in [-0.4, -0.2) is 62.4 Å². The first-order valence-corrected chi connectivity index (χ1v) is 15.2. The number of esters is 3. The van der Waals surface area contributed by atoms with E-state index in [0.29, 0.717) is 10.9 Å². The minimum atomic E-state index is -4.05. The van der Waals surface area contributed by atoms with E-state index >= 15 is 0 Å². The fourth-order valence-electron chi connectivity index (χ4n) is 1.05. The van der Waals surface area contributed by atoms with Crippen molar-refractivity contribution in [1.82, 2.24) is 0 Å². The predicted molar refractivity (Wildman–Crippen MR) is 157 cm³/mol. The zero-order valence-electron chi connectivity index (χ0n) is 20.8. The van der Waals surface area contributed by atoms with Crippen LogP contribution in [0.1, 0.15) is 34.6 Å². The van der Waals surface area contributed by atoms with Gasteiger partial charge in [0.05, 0.1) is 0 Å². The molecule has 0 saturated heterocycles. The average Bonchev–Trinajstić information content (AvgIpc) is 2.70. The second-order valence-corrected chi connectivity index (χ2v) is 15.8. The summed E-state index contributed by atoms with van der Waals surface area (Å²) in [5.74, 6) is -2.24. The standard InChI is InChI=1S/C9H13Br3O2.C6H7Cl3O2.C6H10O5S/c1-6(2)7(13)14-9(11,12)8(3,4)5-10;1-4(2)5(10)11-3-6(7,8)9;1-5(2)6(7)11-3-4-12(8,9)10/h1,5H2,2-4H3;1,3H2,2H3;1,3-4H2,2H3,(H,8,9,10). The highest BCUT2D eigenvalue weighted by Crippen LogP contribution is 2.46. The van der Waals surface area contributed by atoms with E-state index in [1.54, 1.807) is 6.92 Å². The minimum absolute atomic E-state index is 0.185. The van der Waals surface area contributed by atoms with Gasteiger partial charge in [-0.15, -0.1) is 0 Å². The molecule has 9 nitrogen and oxygen atoms in total. The van der Waals surface area contributed by atoms with Crippen LogP contribution in [0.15, 0.2) is 36.5 Å². The lowest BCUT2D eigenvalue weighted by Gasteiger charge is -2.35. The number of rotatable bonds is 10. The highest BCUT2D eigenvalue weighted by atomic mass is 79.9. The molecule has 0 amide bonds. The van der Waals surface area contributed by atoms with Crippen molar-refractivity contribution in [1.29, 1.82) is 0 Å². The maximum absolute atomic E-state index is 11.3. The summed E-state index contributed by atoms with van der Waals surface area (Å²) in [7, 11) is -4.05. The molecule has 37 heavy (non-hydrogen) atoms. The molecule has 0 rings (SSSR count). The van der Waals surface area contributed by atoms with Crippen molar-refractivity contribution < 1.29 is 41.6 Å². The predicted octanol–water partition coefficient (Wildman–Crippen LogP) is 6.44. The fraction of sp³-hybridized carbons (Fsp3) is 0.571. The molecule has 0 aromatic rings. The molecule has 0 unspecified atom stereocenters. The topological polar surface area (TPSA) is 133 Å². The molecule has 0 heterocycles. The lowest BCUT2D eigenvalue weighted by molar-refractivity contribution is -0.145. The SMILES string of the molecule is C=C(C)C(=O)OC(Br)(Br)C(C)(C)CBr.C=C(C)C(=O)OCC(Cl)(Cl)Cl.C=C(C)C(=O)OCCS(=O)(=O)O. The van der Waals surface area contributed by atoms with Gasteiger partial charge in [-0.05, 0) is 52.6 Å². The monoisotopic (exact) mass is 800 g/mol. The van der Waals surface area contributed by atoms with Gasteiger partial charge in [0.25, 0.3) is 10.1 Å². The van der Waals surface area contributed by atoms with Gasteiger partial charge < -0.3 is 14.2 Å². The van der Waals surface area contributed by atoms with Crippen molar-refractivity contribution >= 4 is 111 Å². The van der Waals surface area contributed by atoms with E-state index in [1.807, 2.05) is 13.8 Å². The number of hydrogen-bond acceptors (Lipinski definition) is 8. The molecule has 0 bridgehead atoms. The largest absolute Gasteiger partial charge is 0.461 e. The first kappa shape index (κ1) is 41.3. The lowest BCUT2D eigenvalue weighted by Crippen LogP contribution is -2.39. The maximum atomic E-state index is 11.3. The molecule has 16 heteroatoms. The Kier molecular flexibility index (Phi) is 20.4. The zero-order valence-corrected chi connectivity index (χ0v) is 28.7. The van der Waals surface area contributed by atoms with Gasteiger partial charge in [0.15, 0.2) is 0 Å². The Labute approximate surface area is 258 Å². The quantitative estimate of drug-likeness (QED) is 0.0872. The number of ether oxygens (including phenoxy) is 3. The van der Waals surface area contributed by atoms with Gasteiger partial charge in [-0.2, -0.15) is 8.42 Å². The van der Waals surface area contributed by atoms with Crippen LogP contribution < -0.4 is 0 Å². The second-order valence-electron chi connectivity index (χ2n) is 7.88. The van der Waals surface area contributed by atoms with E-state index in [9.17, 15) is 22.8 Å². The van der Waals surface area contributed by atoms with Gasteiger partial charge in [-0.3, -0.25) is 4.55 Å². The van der Waals surface area contributed by atoms with Crippen molar-refractivity contribution in [2.24, 2.45) is 5.41 Å². The van der Waals surface area contributed by atoms with Gasteiger partial charge in [-0.25, -0.2) is 14.4 Å². The van der Waals surface area contributed by atoms with Crippen molar-refractivity contribution in [3.05, 3.63) is 36.5 Å². The van der Waals surface area contributed by atoms with Gasteiger partial charge in [0, 0.05) is 27.5 Å². The summed E-state index contributed by atoms with van der Waals surface area (Å²) in [6.45, 7) is 18.0. The molecule has 0 aliphatic carbocycles. The summed E-state index contributed by atoms with van der Waals surface area (Å²) in [5, 5.41) is 0.681. The summed E-state index contributed by atoms with van der Waals surface area (Å²) in [6, 6.07) is 0. The van der Waals surface area contributed by atoms with Crippen molar-refractivity contribution in [3.8, 4) is 0 Å². The summed E-state index contributed by atoms with van der Waals surface area (Å²) >= 11 is 25.9. The van der Waals surface area contributed by atoms with Crippen LogP contribution >= 0.6 is 82.6 Å². The molecular formula is C21H30Br3Cl3O9S. The first-order chi connectivity index (χ1) is 16.3. The summed E-state index contributed by atoms with van der Waals surface area (Å²) in [6.07, 6.45) is 0. The number of carbonyl (C=O) groups excluding carboxylic acids is 3. The summed E-state index contributed by atoms with van der Waals surface area (Å²) in [4.78, 5) is 32.6. The number of carbonyl (C=O) groups is 3. The molecule has 0 radical (unpaired) electrons. The Morgan fingerprint density at radius 2 is 1.24 bits per heavy atom. The van der Waals surface area contributed by atoms with Crippen LogP contribution in [0, 0.1) is 5.41 Å². The molecule has 0 fully saturated rings. The molecular weight excluding hydrogens is 774 g/mol. The van der Waals surface area contributed by atoms with Crippen LogP contribution in [-0.2, 0) is 38.7 Å². The highest BCUT2D eigenvalue weighted by molar-refractivity contribution is 9.25. The molecule has 0 aromatic heterocycles. The van der Waals surface area contributed by atoms with Crippen molar-refractivity contribution in [2.45, 2.75) is 41.8 Å². The molecule has 1 N–H and O–H groups in total. The third-order valence-electron chi connectivity index (χ3n) is 3.33. The molecule has 0 aromatic carbocycles. The van der Waals surface area contributed by atoms with Gasteiger partial charge in [0.1, 0.15) is 19.0 Å². The first-order valence-electron chi connectivity index (χ1n) is 9.79. The van der Waals surface area contributed by atoms with E-state index in [2.05, 4.69) is 77.0 Å². The molecule has 0 saturated carbocycles. The van der Waals surface area contributed by atoms with E-state index in [0.717, 1.165) is 0 Å². The highest BCUT2D eigenvalue weighted by Gasteiger charge is 2.44. The maximum Gasteiger partial charge on any atom is 0.335 e. The lowest BCUT2D eigenvalue weighted by atomic mass is 9.98. The van der Waals surface area contributed by atoms with E-state index in [4.69, 9.17) is 44.1 Å². The third kappa shape index (κ3) is 23.5. The van der Waals surface area contributed by atoms with Crippen LogP contribution in [0.4, 0.5) is 0 Å². The summed E-state index contributed by atoms with van der Waals surface area (Å²) in [5.41, 5.74) is 0.557. The normalized spacial score (nSPS) is 11.5. The van der Waals surface area contributed by atoms with E-state index in [1.165, 1.54) is 13.8 Å². The Morgan fingerprint density at radius 1 is 0.865 bits per heavy atom. The van der Waals surface area contributed by atoms with Crippen molar-refractivity contribution in [3.63, 3.8) is 0 Å². The Balaban J connectivity index is -0.000000473. The Bertz CT molecular complexity index is 945. The average molecular weight is 805 g/mol. The van der Waals surface area contributed by atoms with E-state index in [-0.39, 0.29) is 29.8 Å². The summed E-state index contributed by atoms with van der Waals surface area (Å²) < 4.78 is 40.2. The van der Waals surface area contributed by atoms with Gasteiger partial charge >= 0.3 is 17.9 Å². The van der Waals surface area contributed by atoms with Crippen LogP contribution in [0.3, 0.4) is 0 Å². The van der Waals surface area contributed by atoms with Crippen LogP contribution in [0.25, 0.3) is 0 Å². The second kappa shape index (κ2) is 18.2. The van der Waals surface area contributed by atoms with Crippen molar-refractivity contribution in [2.75, 3.05) is 24.3 Å². The van der Waals surface area contributed by atoms with Gasteiger partial charge in [-0.1, -0.05) is 84.3 Å². The smallest absolute Gasteiger partial charge is 0.335 e. The molecule has 0 atom stereocenters. The Morgan fingerprint density at radius 3 is 1.54 bits per heavy atom. The zero-order chi connectivity index (χ0) is 30.4.